The van der Waals surface area contributed by atoms with Gasteiger partial charge in [0, 0.05) is 31.5 Å². The van der Waals surface area contributed by atoms with E-state index in [1.807, 2.05) is 20.0 Å². The molecule has 0 bridgehead atoms. The fourth-order valence-electron chi connectivity index (χ4n) is 2.69. The Morgan fingerprint density at radius 1 is 1.50 bits per heavy atom. The number of aromatic nitrogens is 2. The van der Waals surface area contributed by atoms with Crippen molar-refractivity contribution >= 4 is 24.1 Å². The Hall–Kier alpha value is -1.07. The van der Waals surface area contributed by atoms with Gasteiger partial charge in [-0.2, -0.15) is 5.10 Å². The SMILES string of the molecule is CC(N)CC(=O)Nc1cc(C2CCCCC2)nn1C.Cl. The Kier molecular flexibility index (Phi) is 6.49. The Bertz CT molecular complexity index is 438. The van der Waals surface area contributed by atoms with Gasteiger partial charge in [0.15, 0.2) is 0 Å². The first-order valence-corrected chi connectivity index (χ1v) is 7.15. The van der Waals surface area contributed by atoms with E-state index in [-0.39, 0.29) is 24.4 Å². The van der Waals surface area contributed by atoms with Crippen molar-refractivity contribution in [3.05, 3.63) is 11.8 Å². The van der Waals surface area contributed by atoms with Crippen LogP contribution in [-0.2, 0) is 11.8 Å². The molecule has 5 nitrogen and oxygen atoms in total. The molecule has 0 saturated heterocycles. The average molecular weight is 301 g/mol. The molecule has 1 atom stereocenters. The van der Waals surface area contributed by atoms with Crippen LogP contribution in [0.3, 0.4) is 0 Å². The molecule has 1 aliphatic rings. The predicted molar refractivity (Wildman–Crippen MR) is 83.2 cm³/mol. The first-order valence-electron chi connectivity index (χ1n) is 7.15. The van der Waals surface area contributed by atoms with Gasteiger partial charge < -0.3 is 11.1 Å². The van der Waals surface area contributed by atoms with Crippen molar-refractivity contribution in [2.24, 2.45) is 12.8 Å². The van der Waals surface area contributed by atoms with Crippen LogP contribution in [0.1, 0.15) is 57.1 Å². The van der Waals surface area contributed by atoms with Gasteiger partial charge in [-0.15, -0.1) is 12.4 Å². The summed E-state index contributed by atoms with van der Waals surface area (Å²) in [5.74, 6) is 1.28. The molecule has 1 heterocycles. The predicted octanol–water partition coefficient (Wildman–Crippen LogP) is 2.57. The summed E-state index contributed by atoms with van der Waals surface area (Å²) in [6.07, 6.45) is 6.67. The van der Waals surface area contributed by atoms with E-state index < -0.39 is 0 Å². The summed E-state index contributed by atoms with van der Waals surface area (Å²) in [4.78, 5) is 11.7. The summed E-state index contributed by atoms with van der Waals surface area (Å²) in [6.45, 7) is 1.83. The number of carbonyl (C=O) groups is 1. The third-order valence-corrected chi connectivity index (χ3v) is 3.70. The Morgan fingerprint density at radius 3 is 2.75 bits per heavy atom. The van der Waals surface area contributed by atoms with Gasteiger partial charge in [-0.1, -0.05) is 19.3 Å². The van der Waals surface area contributed by atoms with Gasteiger partial charge in [-0.05, 0) is 19.8 Å². The molecule has 1 saturated carbocycles. The second-order valence-corrected chi connectivity index (χ2v) is 5.64. The van der Waals surface area contributed by atoms with Gasteiger partial charge in [-0.3, -0.25) is 9.48 Å². The maximum Gasteiger partial charge on any atom is 0.227 e. The van der Waals surface area contributed by atoms with E-state index in [4.69, 9.17) is 5.73 Å². The zero-order chi connectivity index (χ0) is 13.8. The van der Waals surface area contributed by atoms with Crippen LogP contribution in [0, 0.1) is 0 Å². The molecule has 1 aromatic rings. The lowest BCUT2D eigenvalue weighted by molar-refractivity contribution is -0.116. The smallest absolute Gasteiger partial charge is 0.227 e. The van der Waals surface area contributed by atoms with Crippen molar-refractivity contribution < 1.29 is 4.79 Å². The van der Waals surface area contributed by atoms with Crippen LogP contribution in [0.4, 0.5) is 5.82 Å². The minimum atomic E-state index is -0.119. The van der Waals surface area contributed by atoms with Gasteiger partial charge in [0.1, 0.15) is 5.82 Å². The highest BCUT2D eigenvalue weighted by Gasteiger charge is 2.19. The van der Waals surface area contributed by atoms with Crippen LogP contribution < -0.4 is 11.1 Å². The number of carbonyl (C=O) groups excluding carboxylic acids is 1. The Balaban J connectivity index is 0.00000200. The Morgan fingerprint density at radius 2 is 2.15 bits per heavy atom. The fourth-order valence-corrected chi connectivity index (χ4v) is 2.69. The van der Waals surface area contributed by atoms with E-state index in [1.165, 1.54) is 32.1 Å². The van der Waals surface area contributed by atoms with Gasteiger partial charge >= 0.3 is 0 Å². The van der Waals surface area contributed by atoms with Crippen LogP contribution in [0.25, 0.3) is 0 Å². The Labute approximate surface area is 126 Å². The highest BCUT2D eigenvalue weighted by Crippen LogP contribution is 2.32. The minimum Gasteiger partial charge on any atom is -0.327 e. The van der Waals surface area contributed by atoms with E-state index in [0.29, 0.717) is 12.3 Å². The van der Waals surface area contributed by atoms with Gasteiger partial charge in [0.25, 0.3) is 0 Å². The molecule has 3 N–H and O–H groups in total. The molecule has 1 unspecified atom stereocenters. The van der Waals surface area contributed by atoms with Crippen molar-refractivity contribution in [2.75, 3.05) is 5.32 Å². The lowest BCUT2D eigenvalue weighted by Crippen LogP contribution is -2.24. The lowest BCUT2D eigenvalue weighted by Gasteiger charge is -2.19. The highest BCUT2D eigenvalue weighted by molar-refractivity contribution is 5.90. The van der Waals surface area contributed by atoms with Crippen LogP contribution in [0.15, 0.2) is 6.07 Å². The first kappa shape index (κ1) is 17.0. The molecule has 114 valence electrons. The van der Waals surface area contributed by atoms with Crippen LogP contribution >= 0.6 is 12.4 Å². The van der Waals surface area contributed by atoms with Crippen LogP contribution in [0.2, 0.25) is 0 Å². The molecule has 0 spiro atoms. The summed E-state index contributed by atoms with van der Waals surface area (Å²) < 4.78 is 1.75. The molecule has 2 rings (SSSR count). The largest absolute Gasteiger partial charge is 0.327 e. The standard InChI is InChI=1S/C14H24N4O.ClH/c1-10(15)8-14(19)16-13-9-12(17-18(13)2)11-6-4-3-5-7-11;/h9-11H,3-8,15H2,1-2H3,(H,16,19);1H. The highest BCUT2D eigenvalue weighted by atomic mass is 35.5. The summed E-state index contributed by atoms with van der Waals surface area (Å²) in [7, 11) is 1.87. The number of hydrogen-bond donors (Lipinski definition) is 2. The first-order chi connectivity index (χ1) is 9.06. The summed E-state index contributed by atoms with van der Waals surface area (Å²) >= 11 is 0. The lowest BCUT2D eigenvalue weighted by atomic mass is 9.87. The second kappa shape index (κ2) is 7.64. The molecule has 0 aromatic carbocycles. The number of amides is 1. The number of nitrogens with two attached hydrogens (primary N) is 1. The molecule has 1 amide bonds. The van der Waals surface area contributed by atoms with Crippen LogP contribution in [-0.4, -0.2) is 21.7 Å². The van der Waals surface area contributed by atoms with Crippen LogP contribution in [0.5, 0.6) is 0 Å². The number of aryl methyl sites for hydroxylation is 1. The molecule has 1 fully saturated rings. The molecule has 20 heavy (non-hydrogen) atoms. The molecule has 0 aliphatic heterocycles. The van der Waals surface area contributed by atoms with Crippen molar-refractivity contribution in [3.8, 4) is 0 Å². The molecule has 1 aromatic heterocycles. The van der Waals surface area contributed by atoms with E-state index in [0.717, 1.165) is 11.5 Å². The van der Waals surface area contributed by atoms with E-state index in [2.05, 4.69) is 10.4 Å². The van der Waals surface area contributed by atoms with Gasteiger partial charge in [0.05, 0.1) is 5.69 Å². The summed E-state index contributed by atoms with van der Waals surface area (Å²) in [5, 5.41) is 7.42. The van der Waals surface area contributed by atoms with Crippen molar-refractivity contribution in [1.82, 2.24) is 9.78 Å². The third-order valence-electron chi connectivity index (χ3n) is 3.70. The zero-order valence-electron chi connectivity index (χ0n) is 12.3. The number of hydrogen-bond acceptors (Lipinski definition) is 3. The van der Waals surface area contributed by atoms with Crippen molar-refractivity contribution in [3.63, 3.8) is 0 Å². The number of nitrogens with zero attached hydrogens (tertiary/aromatic N) is 2. The molecule has 0 radical (unpaired) electrons. The molecule has 1 aliphatic carbocycles. The maximum atomic E-state index is 11.7. The van der Waals surface area contributed by atoms with Crippen molar-refractivity contribution in [2.45, 2.75) is 57.4 Å². The summed E-state index contributed by atoms with van der Waals surface area (Å²) in [5.41, 5.74) is 6.73. The fraction of sp³-hybridized carbons (Fsp3) is 0.714. The molecular weight excluding hydrogens is 276 g/mol. The summed E-state index contributed by atoms with van der Waals surface area (Å²) in [6, 6.07) is 1.89. The number of nitrogens with one attached hydrogen (secondary N) is 1. The quantitative estimate of drug-likeness (QED) is 0.897. The van der Waals surface area contributed by atoms with Crippen molar-refractivity contribution in [1.29, 1.82) is 0 Å². The maximum absolute atomic E-state index is 11.7. The molecule has 6 heteroatoms. The topological polar surface area (TPSA) is 72.9 Å². The normalized spacial score (nSPS) is 17.4. The van der Waals surface area contributed by atoms with E-state index in [1.54, 1.807) is 4.68 Å². The average Bonchev–Trinajstić information content (AvgIpc) is 2.71. The third kappa shape index (κ3) is 4.49. The monoisotopic (exact) mass is 300 g/mol. The van der Waals surface area contributed by atoms with E-state index >= 15 is 0 Å². The number of anilines is 1. The number of rotatable bonds is 4. The zero-order valence-corrected chi connectivity index (χ0v) is 13.1. The molecular formula is C14H25ClN4O. The van der Waals surface area contributed by atoms with Gasteiger partial charge in [-0.25, -0.2) is 0 Å². The van der Waals surface area contributed by atoms with Gasteiger partial charge in [0.2, 0.25) is 5.91 Å². The minimum absolute atomic E-state index is 0. The second-order valence-electron chi connectivity index (χ2n) is 5.64. The van der Waals surface area contributed by atoms with E-state index in [9.17, 15) is 4.79 Å². The number of halogens is 1.